The van der Waals surface area contributed by atoms with Crippen molar-refractivity contribution < 1.29 is 13.9 Å². The highest BCUT2D eigenvalue weighted by Gasteiger charge is 2.41. The Labute approximate surface area is 157 Å². The van der Waals surface area contributed by atoms with E-state index in [4.69, 9.17) is 4.74 Å². The predicted octanol–water partition coefficient (Wildman–Crippen LogP) is 3.15. The van der Waals surface area contributed by atoms with Gasteiger partial charge in [0.1, 0.15) is 11.5 Å². The molecule has 1 saturated heterocycles. The van der Waals surface area contributed by atoms with Crippen LogP contribution >= 0.6 is 0 Å². The summed E-state index contributed by atoms with van der Waals surface area (Å²) >= 11 is 0. The third kappa shape index (κ3) is 3.45. The lowest BCUT2D eigenvalue weighted by Crippen LogP contribution is -2.47. The largest absolute Gasteiger partial charge is 0.381 e. The van der Waals surface area contributed by atoms with Gasteiger partial charge in [0, 0.05) is 25.6 Å². The summed E-state index contributed by atoms with van der Waals surface area (Å²) in [5, 5.41) is 3.01. The van der Waals surface area contributed by atoms with E-state index in [0.717, 1.165) is 16.9 Å². The van der Waals surface area contributed by atoms with Crippen LogP contribution in [0.4, 0.5) is 4.39 Å². The highest BCUT2D eigenvalue weighted by atomic mass is 19.1. The number of amides is 1. The maximum absolute atomic E-state index is 13.8. The number of pyridine rings is 1. The van der Waals surface area contributed by atoms with Gasteiger partial charge in [0.05, 0.1) is 17.7 Å². The first kappa shape index (κ1) is 17.7. The minimum Gasteiger partial charge on any atom is -0.381 e. The summed E-state index contributed by atoms with van der Waals surface area (Å²) in [7, 11) is 0. The molecule has 1 fully saturated rings. The Morgan fingerprint density at radius 3 is 2.85 bits per heavy atom. The van der Waals surface area contributed by atoms with Crippen LogP contribution in [0, 0.1) is 12.7 Å². The predicted molar refractivity (Wildman–Crippen MR) is 99.9 cm³/mol. The fourth-order valence-corrected chi connectivity index (χ4v) is 3.73. The number of benzene rings is 1. The number of rotatable bonds is 4. The summed E-state index contributed by atoms with van der Waals surface area (Å²) in [6.45, 7) is 3.32. The Morgan fingerprint density at radius 2 is 2.07 bits per heavy atom. The molecule has 27 heavy (non-hydrogen) atoms. The van der Waals surface area contributed by atoms with Crippen molar-refractivity contribution in [1.82, 2.24) is 14.7 Å². The quantitative estimate of drug-likeness (QED) is 0.771. The molecule has 0 aliphatic carbocycles. The number of nitrogens with one attached hydrogen (secondary N) is 1. The number of carbonyl (C=O) groups excluding carboxylic acids is 1. The number of halogens is 1. The van der Waals surface area contributed by atoms with Gasteiger partial charge in [-0.1, -0.05) is 18.2 Å². The second kappa shape index (κ2) is 7.12. The molecule has 1 aliphatic heterocycles. The number of aryl methyl sites for hydroxylation is 1. The summed E-state index contributed by atoms with van der Waals surface area (Å²) in [5.74, 6) is -0.438. The number of hydrogen-bond donors (Lipinski definition) is 1. The number of carbonyl (C=O) groups is 1. The van der Waals surface area contributed by atoms with Gasteiger partial charge in [0.15, 0.2) is 0 Å². The van der Waals surface area contributed by atoms with E-state index in [-0.39, 0.29) is 11.7 Å². The van der Waals surface area contributed by atoms with Gasteiger partial charge in [-0.25, -0.2) is 9.37 Å². The standard InChI is InChI=1S/C21H22FN3O2/c1-15-5-6-19-24-18(14-25(19)13-15)12-23-20(26)21(7-9-27-10-8-21)16-3-2-4-17(22)11-16/h2-6,11,13-14H,7-10,12H2,1H3,(H,23,26). The zero-order valence-electron chi connectivity index (χ0n) is 15.2. The molecule has 1 aliphatic rings. The number of nitrogens with zero attached hydrogens (tertiary/aromatic N) is 2. The van der Waals surface area contributed by atoms with Gasteiger partial charge in [-0.3, -0.25) is 4.79 Å². The monoisotopic (exact) mass is 367 g/mol. The molecule has 4 rings (SSSR count). The van der Waals surface area contributed by atoms with E-state index in [1.165, 1.54) is 12.1 Å². The summed E-state index contributed by atoms with van der Waals surface area (Å²) in [5.41, 5.74) is 2.71. The fraction of sp³-hybridized carbons (Fsp3) is 0.333. The Kier molecular flexibility index (Phi) is 4.66. The fourth-order valence-electron chi connectivity index (χ4n) is 3.73. The first-order chi connectivity index (χ1) is 13.1. The van der Waals surface area contributed by atoms with Gasteiger partial charge in [-0.15, -0.1) is 0 Å². The lowest BCUT2D eigenvalue weighted by molar-refractivity contribution is -0.130. The van der Waals surface area contributed by atoms with Crippen LogP contribution in [-0.2, 0) is 21.5 Å². The molecule has 6 heteroatoms. The SMILES string of the molecule is Cc1ccc2nc(CNC(=O)C3(c4cccc(F)c4)CCOCC3)cn2c1. The normalized spacial score (nSPS) is 16.4. The van der Waals surface area contributed by atoms with E-state index in [1.54, 1.807) is 6.07 Å². The maximum Gasteiger partial charge on any atom is 0.231 e. The minimum absolute atomic E-state index is 0.107. The highest BCUT2D eigenvalue weighted by molar-refractivity contribution is 5.88. The van der Waals surface area contributed by atoms with Gasteiger partial charge < -0.3 is 14.5 Å². The van der Waals surface area contributed by atoms with Crippen LogP contribution in [0.3, 0.4) is 0 Å². The van der Waals surface area contributed by atoms with Crippen LogP contribution in [-0.4, -0.2) is 28.5 Å². The Bertz CT molecular complexity index is 976. The van der Waals surface area contributed by atoms with Crippen LogP contribution in [0.2, 0.25) is 0 Å². The molecule has 0 bridgehead atoms. The second-order valence-corrected chi connectivity index (χ2v) is 7.09. The topological polar surface area (TPSA) is 55.6 Å². The van der Waals surface area contributed by atoms with Crippen molar-refractivity contribution in [1.29, 1.82) is 0 Å². The molecule has 0 saturated carbocycles. The Hall–Kier alpha value is -2.73. The van der Waals surface area contributed by atoms with Crippen LogP contribution in [0.25, 0.3) is 5.65 Å². The molecule has 0 radical (unpaired) electrons. The third-order valence-corrected chi connectivity index (χ3v) is 5.24. The minimum atomic E-state index is -0.768. The molecule has 0 unspecified atom stereocenters. The zero-order chi connectivity index (χ0) is 18.9. The smallest absolute Gasteiger partial charge is 0.231 e. The average molecular weight is 367 g/mol. The second-order valence-electron chi connectivity index (χ2n) is 7.09. The van der Waals surface area contributed by atoms with Gasteiger partial charge in [-0.2, -0.15) is 0 Å². The Balaban J connectivity index is 1.56. The average Bonchev–Trinajstić information content (AvgIpc) is 3.08. The molecular formula is C21H22FN3O2. The van der Waals surface area contributed by atoms with E-state index in [2.05, 4.69) is 10.3 Å². The molecule has 5 nitrogen and oxygen atoms in total. The van der Waals surface area contributed by atoms with Crippen molar-refractivity contribution in [2.75, 3.05) is 13.2 Å². The van der Waals surface area contributed by atoms with Crippen LogP contribution in [0.1, 0.15) is 29.7 Å². The van der Waals surface area contributed by atoms with Gasteiger partial charge >= 0.3 is 0 Å². The van der Waals surface area contributed by atoms with Crippen LogP contribution in [0.5, 0.6) is 0 Å². The molecule has 0 spiro atoms. The first-order valence-corrected chi connectivity index (χ1v) is 9.13. The van der Waals surface area contributed by atoms with Crippen LogP contribution < -0.4 is 5.32 Å². The Morgan fingerprint density at radius 1 is 1.26 bits per heavy atom. The highest BCUT2D eigenvalue weighted by Crippen LogP contribution is 2.35. The molecule has 1 N–H and O–H groups in total. The molecule has 2 aromatic heterocycles. The van der Waals surface area contributed by atoms with E-state index >= 15 is 0 Å². The lowest BCUT2D eigenvalue weighted by Gasteiger charge is -2.36. The van der Waals surface area contributed by atoms with E-state index < -0.39 is 5.41 Å². The van der Waals surface area contributed by atoms with Crippen molar-refractivity contribution in [3.8, 4) is 0 Å². The summed E-state index contributed by atoms with van der Waals surface area (Å²) in [4.78, 5) is 17.7. The number of ether oxygens (including phenoxy) is 1. The van der Waals surface area contributed by atoms with Gasteiger partial charge in [-0.05, 0) is 49.1 Å². The number of fused-ring (bicyclic) bond motifs is 1. The number of hydrogen-bond acceptors (Lipinski definition) is 3. The summed E-state index contributed by atoms with van der Waals surface area (Å²) in [6, 6.07) is 10.3. The van der Waals surface area contributed by atoms with Crippen molar-refractivity contribution in [3.05, 3.63) is 71.4 Å². The van der Waals surface area contributed by atoms with Crippen molar-refractivity contribution in [2.45, 2.75) is 31.7 Å². The molecule has 3 aromatic rings. The van der Waals surface area contributed by atoms with Crippen molar-refractivity contribution >= 4 is 11.6 Å². The molecule has 1 amide bonds. The number of aromatic nitrogens is 2. The first-order valence-electron chi connectivity index (χ1n) is 9.13. The summed E-state index contributed by atoms with van der Waals surface area (Å²) in [6.07, 6.45) is 4.99. The van der Waals surface area contributed by atoms with Gasteiger partial charge in [0.2, 0.25) is 5.91 Å². The third-order valence-electron chi connectivity index (χ3n) is 5.24. The van der Waals surface area contributed by atoms with Crippen molar-refractivity contribution in [3.63, 3.8) is 0 Å². The number of imidazole rings is 1. The molecule has 1 aromatic carbocycles. The molecule has 140 valence electrons. The lowest BCUT2D eigenvalue weighted by atomic mass is 9.73. The van der Waals surface area contributed by atoms with Crippen molar-refractivity contribution in [2.24, 2.45) is 0 Å². The molecule has 0 atom stereocenters. The zero-order valence-corrected chi connectivity index (χ0v) is 15.2. The van der Waals surface area contributed by atoms with E-state index in [1.807, 2.05) is 41.9 Å². The maximum atomic E-state index is 13.8. The van der Waals surface area contributed by atoms with E-state index in [0.29, 0.717) is 38.2 Å². The molecule has 3 heterocycles. The molecular weight excluding hydrogens is 345 g/mol. The van der Waals surface area contributed by atoms with Gasteiger partial charge in [0.25, 0.3) is 0 Å². The van der Waals surface area contributed by atoms with E-state index in [9.17, 15) is 9.18 Å². The van der Waals surface area contributed by atoms with Crippen LogP contribution in [0.15, 0.2) is 48.8 Å². The summed E-state index contributed by atoms with van der Waals surface area (Å²) < 4.78 is 21.2.